The summed E-state index contributed by atoms with van der Waals surface area (Å²) in [7, 11) is 0. The summed E-state index contributed by atoms with van der Waals surface area (Å²) < 4.78 is 0. The average Bonchev–Trinajstić information content (AvgIpc) is 2.06. The molecule has 76 valence electrons. The van der Waals surface area contributed by atoms with Gasteiger partial charge in [0.15, 0.2) is 0 Å². The molecule has 1 nitrogen and oxygen atoms in total. The molecule has 0 amide bonds. The summed E-state index contributed by atoms with van der Waals surface area (Å²) in [6.45, 7) is 2.02. The fraction of sp³-hybridized carbons (Fsp3) is 0.500. The van der Waals surface area contributed by atoms with Crippen LogP contribution in [0.5, 0.6) is 0 Å². The number of aliphatic hydroxyl groups excluding tert-OH is 1. The minimum Gasteiger partial charge on any atom is -0.388 e. The van der Waals surface area contributed by atoms with Crippen LogP contribution < -0.4 is 0 Å². The molecule has 1 saturated carbocycles. The number of benzene rings is 1. The number of aliphatic hydroxyl groups is 1. The first-order valence-corrected chi connectivity index (χ1v) is 5.50. The second kappa shape index (κ2) is 3.92. The van der Waals surface area contributed by atoms with Crippen LogP contribution in [0.4, 0.5) is 0 Å². The Labute approximate surface area is 89.7 Å². The molecule has 0 radical (unpaired) electrons. The van der Waals surface area contributed by atoms with E-state index in [-0.39, 0.29) is 6.10 Å². The van der Waals surface area contributed by atoms with Crippen LogP contribution in [-0.4, -0.2) is 5.11 Å². The highest BCUT2D eigenvalue weighted by Crippen LogP contribution is 2.39. The van der Waals surface area contributed by atoms with Gasteiger partial charge in [-0.05, 0) is 48.9 Å². The molecule has 1 aliphatic carbocycles. The molecule has 14 heavy (non-hydrogen) atoms. The van der Waals surface area contributed by atoms with E-state index in [0.717, 1.165) is 24.0 Å². The van der Waals surface area contributed by atoms with Crippen molar-refractivity contribution in [2.24, 2.45) is 5.92 Å². The zero-order chi connectivity index (χ0) is 10.1. The Morgan fingerprint density at radius 3 is 2.71 bits per heavy atom. The Morgan fingerprint density at radius 2 is 2.14 bits per heavy atom. The van der Waals surface area contributed by atoms with Crippen molar-refractivity contribution in [1.82, 2.24) is 0 Å². The summed E-state index contributed by atoms with van der Waals surface area (Å²) in [5.74, 6) is 0.451. The van der Waals surface area contributed by atoms with Crippen molar-refractivity contribution in [2.75, 3.05) is 0 Å². The largest absolute Gasteiger partial charge is 0.388 e. The van der Waals surface area contributed by atoms with Crippen molar-refractivity contribution < 1.29 is 5.11 Å². The van der Waals surface area contributed by atoms with Crippen LogP contribution in [0.25, 0.3) is 0 Å². The minimum atomic E-state index is -0.317. The van der Waals surface area contributed by atoms with E-state index in [1.807, 2.05) is 25.1 Å². The lowest BCUT2D eigenvalue weighted by Crippen LogP contribution is -2.20. The van der Waals surface area contributed by atoms with Crippen molar-refractivity contribution in [3.05, 3.63) is 34.3 Å². The molecule has 0 spiro atoms. The summed E-state index contributed by atoms with van der Waals surface area (Å²) in [5.41, 5.74) is 2.14. The van der Waals surface area contributed by atoms with E-state index in [9.17, 15) is 5.11 Å². The molecule has 1 aromatic rings. The Bertz CT molecular complexity index is 331. The topological polar surface area (TPSA) is 20.2 Å². The summed E-state index contributed by atoms with van der Waals surface area (Å²) in [6, 6.07) is 5.73. The predicted molar refractivity (Wildman–Crippen MR) is 58.5 cm³/mol. The van der Waals surface area contributed by atoms with Crippen LogP contribution in [0.2, 0.25) is 5.02 Å². The molecular weight excluding hydrogens is 196 g/mol. The Balaban J connectivity index is 2.24. The van der Waals surface area contributed by atoms with Crippen LogP contribution in [0, 0.1) is 12.8 Å². The van der Waals surface area contributed by atoms with Crippen molar-refractivity contribution in [2.45, 2.75) is 32.3 Å². The second-order valence-corrected chi connectivity index (χ2v) is 4.57. The highest BCUT2D eigenvalue weighted by molar-refractivity contribution is 6.30. The molecule has 0 aromatic heterocycles. The highest BCUT2D eigenvalue weighted by Gasteiger charge is 2.27. The van der Waals surface area contributed by atoms with Crippen molar-refractivity contribution in [3.63, 3.8) is 0 Å². The van der Waals surface area contributed by atoms with E-state index >= 15 is 0 Å². The van der Waals surface area contributed by atoms with Gasteiger partial charge in [-0.2, -0.15) is 0 Å². The first kappa shape index (κ1) is 10.0. The van der Waals surface area contributed by atoms with Gasteiger partial charge in [0.2, 0.25) is 0 Å². The van der Waals surface area contributed by atoms with E-state index in [2.05, 4.69) is 0 Å². The number of rotatable bonds is 2. The van der Waals surface area contributed by atoms with E-state index < -0.39 is 0 Å². The summed E-state index contributed by atoms with van der Waals surface area (Å²) in [4.78, 5) is 0. The first-order valence-electron chi connectivity index (χ1n) is 5.12. The molecule has 1 unspecified atom stereocenters. The summed E-state index contributed by atoms with van der Waals surface area (Å²) in [5, 5.41) is 10.8. The lowest BCUT2D eigenvalue weighted by atomic mass is 9.78. The van der Waals surface area contributed by atoms with E-state index in [4.69, 9.17) is 11.6 Å². The zero-order valence-electron chi connectivity index (χ0n) is 8.33. The van der Waals surface area contributed by atoms with Crippen LogP contribution in [0.15, 0.2) is 18.2 Å². The molecule has 0 heterocycles. The SMILES string of the molecule is Cc1ccc(Cl)cc1C(O)C1CCC1. The highest BCUT2D eigenvalue weighted by atomic mass is 35.5. The van der Waals surface area contributed by atoms with Gasteiger partial charge >= 0.3 is 0 Å². The van der Waals surface area contributed by atoms with Crippen LogP contribution in [0.3, 0.4) is 0 Å². The maximum Gasteiger partial charge on any atom is 0.0821 e. The summed E-state index contributed by atoms with van der Waals surface area (Å²) in [6.07, 6.45) is 3.23. The third-order valence-corrected chi connectivity index (χ3v) is 3.39. The van der Waals surface area contributed by atoms with Crippen LogP contribution in [-0.2, 0) is 0 Å². The van der Waals surface area contributed by atoms with Gasteiger partial charge in [0.05, 0.1) is 6.10 Å². The van der Waals surface area contributed by atoms with Crippen molar-refractivity contribution in [1.29, 1.82) is 0 Å². The van der Waals surface area contributed by atoms with Gasteiger partial charge in [0, 0.05) is 5.02 Å². The van der Waals surface area contributed by atoms with Gasteiger partial charge in [-0.1, -0.05) is 24.1 Å². The monoisotopic (exact) mass is 210 g/mol. The maximum atomic E-state index is 10.1. The standard InChI is InChI=1S/C12H15ClO/c1-8-5-6-10(13)7-11(8)12(14)9-3-2-4-9/h5-7,9,12,14H,2-4H2,1H3. The second-order valence-electron chi connectivity index (χ2n) is 4.14. The van der Waals surface area contributed by atoms with Gasteiger partial charge in [0.1, 0.15) is 0 Å². The molecule has 2 heteroatoms. The fourth-order valence-electron chi connectivity index (χ4n) is 1.94. The Morgan fingerprint density at radius 1 is 1.43 bits per heavy atom. The molecule has 1 N–H and O–H groups in total. The molecule has 1 fully saturated rings. The average molecular weight is 211 g/mol. The van der Waals surface area contributed by atoms with Crippen LogP contribution >= 0.6 is 11.6 Å². The van der Waals surface area contributed by atoms with Crippen LogP contribution in [0.1, 0.15) is 36.5 Å². The first-order chi connectivity index (χ1) is 6.68. The third kappa shape index (κ3) is 1.79. The van der Waals surface area contributed by atoms with Crippen molar-refractivity contribution in [3.8, 4) is 0 Å². The van der Waals surface area contributed by atoms with Gasteiger partial charge in [0.25, 0.3) is 0 Å². The van der Waals surface area contributed by atoms with Gasteiger partial charge in [-0.25, -0.2) is 0 Å². The lowest BCUT2D eigenvalue weighted by molar-refractivity contribution is 0.0616. The number of hydrogen-bond donors (Lipinski definition) is 1. The molecule has 0 bridgehead atoms. The smallest absolute Gasteiger partial charge is 0.0821 e. The normalized spacial score (nSPS) is 19.1. The number of hydrogen-bond acceptors (Lipinski definition) is 1. The maximum absolute atomic E-state index is 10.1. The van der Waals surface area contributed by atoms with Gasteiger partial charge in [-0.15, -0.1) is 0 Å². The number of halogens is 1. The quantitative estimate of drug-likeness (QED) is 0.793. The molecule has 2 rings (SSSR count). The Hall–Kier alpha value is -0.530. The van der Waals surface area contributed by atoms with Crippen molar-refractivity contribution >= 4 is 11.6 Å². The van der Waals surface area contributed by atoms with E-state index in [1.165, 1.54) is 6.42 Å². The molecule has 0 aliphatic heterocycles. The van der Waals surface area contributed by atoms with Gasteiger partial charge < -0.3 is 5.11 Å². The molecule has 0 saturated heterocycles. The molecular formula is C12H15ClO. The lowest BCUT2D eigenvalue weighted by Gasteiger charge is -2.31. The fourth-order valence-corrected chi connectivity index (χ4v) is 2.12. The molecule has 1 aromatic carbocycles. The predicted octanol–water partition coefficient (Wildman–Crippen LogP) is 3.48. The molecule has 1 atom stereocenters. The zero-order valence-corrected chi connectivity index (χ0v) is 9.09. The van der Waals surface area contributed by atoms with E-state index in [1.54, 1.807) is 0 Å². The molecule has 1 aliphatic rings. The third-order valence-electron chi connectivity index (χ3n) is 3.16. The Kier molecular flexibility index (Phi) is 2.80. The van der Waals surface area contributed by atoms with E-state index in [0.29, 0.717) is 10.9 Å². The number of aryl methyl sites for hydroxylation is 1. The minimum absolute atomic E-state index is 0.317. The van der Waals surface area contributed by atoms with Gasteiger partial charge in [-0.3, -0.25) is 0 Å². The summed E-state index contributed by atoms with van der Waals surface area (Å²) >= 11 is 5.92.